The number of nitrogens with zero attached hydrogens (tertiary/aromatic N) is 5. The number of nitrogens with one attached hydrogen (secondary N) is 1. The van der Waals surface area contributed by atoms with Crippen LogP contribution >= 0.6 is 11.6 Å². The fourth-order valence-corrected chi connectivity index (χ4v) is 3.46. The average Bonchev–Trinajstić information content (AvgIpc) is 3.36. The van der Waals surface area contributed by atoms with Crippen LogP contribution in [0.3, 0.4) is 0 Å². The summed E-state index contributed by atoms with van der Waals surface area (Å²) in [6.45, 7) is 5.80. The molecule has 4 rings (SSSR count). The number of rotatable bonds is 7. The Kier molecular flexibility index (Phi) is 6.33. The van der Waals surface area contributed by atoms with Crippen LogP contribution in [-0.4, -0.2) is 30.4 Å². The third-order valence-corrected chi connectivity index (χ3v) is 5.67. The molecule has 4 aromatic rings. The van der Waals surface area contributed by atoms with Crippen LogP contribution in [0.25, 0.3) is 0 Å². The molecule has 2 aromatic heterocycles. The minimum Gasteiger partial charge on any atom is -0.457 e. The summed E-state index contributed by atoms with van der Waals surface area (Å²) in [7, 11) is 0. The highest BCUT2D eigenvalue weighted by atomic mass is 35.5. The van der Waals surface area contributed by atoms with Crippen molar-refractivity contribution in [3.05, 3.63) is 92.5 Å². The van der Waals surface area contributed by atoms with E-state index < -0.39 is 10.8 Å². The normalized spacial score (nSPS) is 10.8. The van der Waals surface area contributed by atoms with Crippen LogP contribution in [0.5, 0.6) is 11.5 Å². The molecule has 0 spiro atoms. The molecule has 1 N–H and O–H groups in total. The van der Waals surface area contributed by atoms with Crippen molar-refractivity contribution in [2.45, 2.75) is 27.4 Å². The molecule has 2 aromatic carbocycles. The molecule has 34 heavy (non-hydrogen) atoms. The summed E-state index contributed by atoms with van der Waals surface area (Å²) in [6.07, 6.45) is 1.64. The molecule has 0 aliphatic heterocycles. The molecule has 174 valence electrons. The number of anilines is 1. The standard InChI is InChI=1S/C23H21ClN6O4/c1-14-6-4-5-7-21(14)34-19-11-17(10-18(12-19)30(32)33)25-23(31)20-8-9-28(27-20)13-29-16(3)22(24)15(2)26-29/h4-12H,13H2,1-3H3,(H,25,31). The number of hydrogen-bond acceptors (Lipinski definition) is 6. The van der Waals surface area contributed by atoms with E-state index in [4.69, 9.17) is 16.3 Å². The predicted octanol–water partition coefficient (Wildman–Crippen LogP) is 5.12. The largest absolute Gasteiger partial charge is 0.457 e. The lowest BCUT2D eigenvalue weighted by molar-refractivity contribution is -0.384. The molecule has 2 heterocycles. The smallest absolute Gasteiger partial charge is 0.276 e. The van der Waals surface area contributed by atoms with Crippen molar-refractivity contribution >= 4 is 28.9 Å². The highest BCUT2D eigenvalue weighted by molar-refractivity contribution is 6.31. The predicted molar refractivity (Wildman–Crippen MR) is 127 cm³/mol. The second-order valence-corrected chi connectivity index (χ2v) is 8.04. The van der Waals surface area contributed by atoms with Gasteiger partial charge in [0.1, 0.15) is 18.2 Å². The van der Waals surface area contributed by atoms with Crippen LogP contribution in [0.4, 0.5) is 11.4 Å². The lowest BCUT2D eigenvalue weighted by Gasteiger charge is -2.10. The maximum Gasteiger partial charge on any atom is 0.276 e. The number of ether oxygens (including phenoxy) is 1. The molecule has 0 saturated heterocycles. The number of carbonyl (C=O) groups excluding carboxylic acids is 1. The zero-order valence-corrected chi connectivity index (χ0v) is 19.4. The Morgan fingerprint density at radius 1 is 1.15 bits per heavy atom. The van der Waals surface area contributed by atoms with Gasteiger partial charge in [-0.25, -0.2) is 4.68 Å². The molecule has 0 aliphatic carbocycles. The Bertz CT molecular complexity index is 1390. The highest BCUT2D eigenvalue weighted by Gasteiger charge is 2.16. The number of nitro benzene ring substituents is 1. The maximum atomic E-state index is 12.8. The fraction of sp³-hybridized carbons (Fsp3) is 0.174. The molecule has 1 amide bonds. The molecular weight excluding hydrogens is 460 g/mol. The Balaban J connectivity index is 1.53. The molecule has 11 heteroatoms. The zero-order valence-electron chi connectivity index (χ0n) is 18.7. The second-order valence-electron chi connectivity index (χ2n) is 7.66. The molecule has 0 fully saturated rings. The first kappa shape index (κ1) is 23.0. The van der Waals surface area contributed by atoms with E-state index in [1.807, 2.05) is 32.9 Å². The van der Waals surface area contributed by atoms with Gasteiger partial charge >= 0.3 is 0 Å². The van der Waals surface area contributed by atoms with Gasteiger partial charge in [0, 0.05) is 18.3 Å². The van der Waals surface area contributed by atoms with Crippen LogP contribution in [-0.2, 0) is 6.67 Å². The van der Waals surface area contributed by atoms with E-state index in [1.165, 1.54) is 18.2 Å². The topological polar surface area (TPSA) is 117 Å². The zero-order chi connectivity index (χ0) is 24.4. The summed E-state index contributed by atoms with van der Waals surface area (Å²) in [6, 6.07) is 12.9. The van der Waals surface area contributed by atoms with E-state index >= 15 is 0 Å². The number of nitro groups is 1. The molecule has 0 bridgehead atoms. The molecule has 0 atom stereocenters. The third-order valence-electron chi connectivity index (χ3n) is 5.13. The van der Waals surface area contributed by atoms with Gasteiger partial charge in [-0.05, 0) is 38.5 Å². The van der Waals surface area contributed by atoms with Crippen molar-refractivity contribution < 1.29 is 14.5 Å². The lowest BCUT2D eigenvalue weighted by atomic mass is 10.2. The number of hydrogen-bond donors (Lipinski definition) is 1. The van der Waals surface area contributed by atoms with Gasteiger partial charge in [-0.15, -0.1) is 0 Å². The lowest BCUT2D eigenvalue weighted by Crippen LogP contribution is -2.16. The number of para-hydroxylation sites is 1. The molecule has 0 aliphatic rings. The summed E-state index contributed by atoms with van der Waals surface area (Å²) in [5.74, 6) is 0.265. The summed E-state index contributed by atoms with van der Waals surface area (Å²) >= 11 is 6.18. The van der Waals surface area contributed by atoms with Gasteiger partial charge in [-0.2, -0.15) is 10.2 Å². The van der Waals surface area contributed by atoms with E-state index in [9.17, 15) is 14.9 Å². The van der Waals surface area contributed by atoms with E-state index in [2.05, 4.69) is 15.5 Å². The van der Waals surface area contributed by atoms with Crippen molar-refractivity contribution in [2.24, 2.45) is 0 Å². The highest BCUT2D eigenvalue weighted by Crippen LogP contribution is 2.31. The van der Waals surface area contributed by atoms with E-state index in [1.54, 1.807) is 33.8 Å². The number of halogens is 1. The van der Waals surface area contributed by atoms with Crippen LogP contribution in [0, 0.1) is 30.9 Å². The Hall–Kier alpha value is -4.18. The Morgan fingerprint density at radius 2 is 1.91 bits per heavy atom. The fourth-order valence-electron chi connectivity index (χ4n) is 3.32. The Morgan fingerprint density at radius 3 is 2.59 bits per heavy atom. The second kappa shape index (κ2) is 9.36. The summed E-state index contributed by atoms with van der Waals surface area (Å²) in [5, 5.41) is 23.3. The SMILES string of the molecule is Cc1ccccc1Oc1cc(NC(=O)c2ccn(Cn3nc(C)c(Cl)c3C)n2)cc([N+](=O)[O-])c1. The van der Waals surface area contributed by atoms with E-state index in [0.29, 0.717) is 16.5 Å². The van der Waals surface area contributed by atoms with Crippen molar-refractivity contribution in [3.63, 3.8) is 0 Å². The molecular formula is C23H21ClN6O4. The number of non-ortho nitro benzene ring substituents is 1. The first-order chi connectivity index (χ1) is 16.2. The van der Waals surface area contributed by atoms with Gasteiger partial charge < -0.3 is 10.1 Å². The first-order valence-electron chi connectivity index (χ1n) is 10.3. The van der Waals surface area contributed by atoms with E-state index in [-0.39, 0.29) is 29.5 Å². The molecule has 0 unspecified atom stereocenters. The quantitative estimate of drug-likeness (QED) is 0.290. The van der Waals surface area contributed by atoms with Gasteiger partial charge in [-0.1, -0.05) is 29.8 Å². The summed E-state index contributed by atoms with van der Waals surface area (Å²) in [5.41, 5.74) is 2.50. The van der Waals surface area contributed by atoms with Crippen LogP contribution in [0.1, 0.15) is 27.4 Å². The summed E-state index contributed by atoms with van der Waals surface area (Å²) < 4.78 is 9.05. The van der Waals surface area contributed by atoms with Gasteiger partial charge in [-0.3, -0.25) is 19.6 Å². The number of aromatic nitrogens is 4. The first-order valence-corrected chi connectivity index (χ1v) is 10.7. The van der Waals surface area contributed by atoms with Crippen LogP contribution in [0.15, 0.2) is 54.7 Å². The van der Waals surface area contributed by atoms with Crippen molar-refractivity contribution in [1.82, 2.24) is 19.6 Å². The van der Waals surface area contributed by atoms with Crippen molar-refractivity contribution in [1.29, 1.82) is 0 Å². The molecule has 0 saturated carbocycles. The average molecular weight is 481 g/mol. The Labute approximate surface area is 199 Å². The van der Waals surface area contributed by atoms with Crippen LogP contribution in [0.2, 0.25) is 5.02 Å². The van der Waals surface area contributed by atoms with Gasteiger partial charge in [0.15, 0.2) is 5.69 Å². The van der Waals surface area contributed by atoms with E-state index in [0.717, 1.165) is 11.3 Å². The molecule has 10 nitrogen and oxygen atoms in total. The van der Waals surface area contributed by atoms with Crippen molar-refractivity contribution in [3.8, 4) is 11.5 Å². The van der Waals surface area contributed by atoms with Gasteiger partial charge in [0.2, 0.25) is 0 Å². The van der Waals surface area contributed by atoms with Crippen molar-refractivity contribution in [2.75, 3.05) is 5.32 Å². The summed E-state index contributed by atoms with van der Waals surface area (Å²) in [4.78, 5) is 23.6. The maximum absolute atomic E-state index is 12.8. The minimum atomic E-state index is -0.547. The third kappa shape index (κ3) is 4.91. The number of aryl methyl sites for hydroxylation is 2. The number of benzene rings is 2. The number of carbonyl (C=O) groups is 1. The van der Waals surface area contributed by atoms with Gasteiger partial charge in [0.25, 0.3) is 11.6 Å². The van der Waals surface area contributed by atoms with Gasteiger partial charge in [0.05, 0.1) is 33.1 Å². The number of amides is 1. The monoisotopic (exact) mass is 480 g/mol. The minimum absolute atomic E-state index is 0.139. The van der Waals surface area contributed by atoms with Crippen LogP contribution < -0.4 is 10.1 Å². The molecule has 0 radical (unpaired) electrons.